The van der Waals surface area contributed by atoms with Gasteiger partial charge in [-0.1, -0.05) is 36.7 Å². The molecule has 15 heavy (non-hydrogen) atoms. The minimum atomic E-state index is -0.0173. The van der Waals surface area contributed by atoms with Crippen LogP contribution in [0.2, 0.25) is 0 Å². The third kappa shape index (κ3) is 1.83. The van der Waals surface area contributed by atoms with E-state index >= 15 is 0 Å². The summed E-state index contributed by atoms with van der Waals surface area (Å²) in [7, 11) is 0. The average molecular weight is 275 g/mol. The van der Waals surface area contributed by atoms with Crippen LogP contribution in [0.15, 0.2) is 0 Å². The highest BCUT2D eigenvalue weighted by atomic mass is 79.9. The van der Waals surface area contributed by atoms with Crippen molar-refractivity contribution in [2.45, 2.75) is 51.0 Å². The van der Waals surface area contributed by atoms with Crippen LogP contribution < -0.4 is 0 Å². The van der Waals surface area contributed by atoms with Crippen molar-refractivity contribution in [1.82, 2.24) is 0 Å². The summed E-state index contributed by atoms with van der Waals surface area (Å²) in [6.45, 7) is 6.68. The van der Waals surface area contributed by atoms with Gasteiger partial charge in [0.25, 0.3) is 0 Å². The number of esters is 1. The first-order chi connectivity index (χ1) is 6.94. The van der Waals surface area contributed by atoms with Crippen LogP contribution in [0.3, 0.4) is 0 Å². The monoisotopic (exact) mass is 274 g/mol. The normalized spacial score (nSPS) is 45.4. The number of fused-ring (bicyclic) bond motifs is 1. The van der Waals surface area contributed by atoms with Gasteiger partial charge in [-0.25, -0.2) is 0 Å². The Morgan fingerprint density at radius 2 is 2.20 bits per heavy atom. The second-order valence-corrected chi connectivity index (χ2v) is 6.69. The van der Waals surface area contributed by atoms with Gasteiger partial charge in [0.1, 0.15) is 6.10 Å². The van der Waals surface area contributed by atoms with Gasteiger partial charge in [-0.05, 0) is 24.7 Å². The van der Waals surface area contributed by atoms with E-state index < -0.39 is 0 Å². The highest BCUT2D eigenvalue weighted by molar-refractivity contribution is 9.09. The molecule has 0 bridgehead atoms. The summed E-state index contributed by atoms with van der Waals surface area (Å²) < 4.78 is 5.48. The van der Waals surface area contributed by atoms with Gasteiger partial charge < -0.3 is 4.74 Å². The molecule has 0 aromatic rings. The molecule has 1 saturated heterocycles. The minimum absolute atomic E-state index is 0.0173. The van der Waals surface area contributed by atoms with Gasteiger partial charge in [0.05, 0.1) is 11.2 Å². The van der Waals surface area contributed by atoms with Crippen LogP contribution in [0.4, 0.5) is 0 Å². The Balaban J connectivity index is 2.19. The Bertz CT molecular complexity index is 277. The molecule has 2 aliphatic rings. The van der Waals surface area contributed by atoms with E-state index in [4.69, 9.17) is 4.74 Å². The molecular weight excluding hydrogens is 256 g/mol. The van der Waals surface area contributed by atoms with Crippen molar-refractivity contribution in [2.24, 2.45) is 17.3 Å². The van der Waals surface area contributed by atoms with Crippen LogP contribution in [0.1, 0.15) is 40.0 Å². The molecule has 86 valence electrons. The summed E-state index contributed by atoms with van der Waals surface area (Å²) in [5.41, 5.74) is 0.0800. The molecule has 4 atom stereocenters. The van der Waals surface area contributed by atoms with Crippen molar-refractivity contribution in [3.05, 3.63) is 0 Å². The fraction of sp³-hybridized carbons (Fsp3) is 0.917. The zero-order valence-electron chi connectivity index (χ0n) is 9.63. The number of carbonyl (C=O) groups is 1. The molecule has 0 amide bonds. The van der Waals surface area contributed by atoms with E-state index in [-0.39, 0.29) is 17.5 Å². The first kappa shape index (κ1) is 11.4. The Morgan fingerprint density at radius 3 is 2.80 bits per heavy atom. The Morgan fingerprint density at radius 1 is 1.53 bits per heavy atom. The SMILES string of the molecule is CC(C)[C@H]1CC[C@@]2(C)CC(=O)O[C@H]2[C@@H]1Br. The average Bonchev–Trinajstić information content (AvgIpc) is 2.41. The highest BCUT2D eigenvalue weighted by Crippen LogP contribution is 2.51. The van der Waals surface area contributed by atoms with Crippen LogP contribution in [0, 0.1) is 17.3 Å². The van der Waals surface area contributed by atoms with Gasteiger partial charge >= 0.3 is 5.97 Å². The lowest BCUT2D eigenvalue weighted by atomic mass is 9.67. The van der Waals surface area contributed by atoms with E-state index in [2.05, 4.69) is 36.7 Å². The Labute approximate surface area is 99.9 Å². The van der Waals surface area contributed by atoms with E-state index in [0.717, 1.165) is 6.42 Å². The maximum atomic E-state index is 11.4. The van der Waals surface area contributed by atoms with Crippen molar-refractivity contribution in [2.75, 3.05) is 0 Å². The van der Waals surface area contributed by atoms with Crippen molar-refractivity contribution in [1.29, 1.82) is 0 Å². The van der Waals surface area contributed by atoms with E-state index in [0.29, 0.717) is 23.1 Å². The molecule has 2 fully saturated rings. The van der Waals surface area contributed by atoms with Crippen molar-refractivity contribution in [3.63, 3.8) is 0 Å². The zero-order valence-corrected chi connectivity index (χ0v) is 11.2. The number of rotatable bonds is 1. The smallest absolute Gasteiger partial charge is 0.306 e. The number of hydrogen-bond acceptors (Lipinski definition) is 2. The molecule has 1 heterocycles. The minimum Gasteiger partial charge on any atom is -0.461 e. The number of carbonyl (C=O) groups excluding carboxylic acids is 1. The number of hydrogen-bond donors (Lipinski definition) is 0. The fourth-order valence-electron chi connectivity index (χ4n) is 3.02. The number of halogens is 1. The lowest BCUT2D eigenvalue weighted by Crippen LogP contribution is -2.45. The summed E-state index contributed by atoms with van der Waals surface area (Å²) in [6.07, 6.45) is 3.02. The molecule has 0 aromatic carbocycles. The largest absolute Gasteiger partial charge is 0.461 e. The molecule has 3 heteroatoms. The van der Waals surface area contributed by atoms with Crippen molar-refractivity contribution < 1.29 is 9.53 Å². The number of ether oxygens (including phenoxy) is 1. The molecule has 2 nitrogen and oxygen atoms in total. The Hall–Kier alpha value is -0.0500. The van der Waals surface area contributed by atoms with Gasteiger partial charge in [0.2, 0.25) is 0 Å². The molecule has 0 unspecified atom stereocenters. The summed E-state index contributed by atoms with van der Waals surface area (Å²) in [5.74, 6) is 1.27. The standard InChI is InChI=1S/C12H19BrO2/c1-7(2)8-4-5-12(3)6-9(14)15-11(12)10(8)13/h7-8,10-11H,4-6H2,1-3H3/t8-,10-,11+,12+/m1/s1. The molecule has 1 aliphatic carbocycles. The molecule has 2 rings (SSSR count). The number of alkyl halides is 1. The second-order valence-electron chi connectivity index (χ2n) is 5.63. The summed E-state index contributed by atoms with van der Waals surface area (Å²) in [6, 6.07) is 0. The zero-order chi connectivity index (χ0) is 11.2. The van der Waals surface area contributed by atoms with Gasteiger partial charge in [-0.2, -0.15) is 0 Å². The van der Waals surface area contributed by atoms with Gasteiger partial charge in [-0.15, -0.1) is 0 Å². The van der Waals surface area contributed by atoms with E-state index in [1.807, 2.05) is 0 Å². The molecule has 0 aromatic heterocycles. The fourth-order valence-corrected chi connectivity index (χ4v) is 4.64. The first-order valence-electron chi connectivity index (χ1n) is 5.77. The van der Waals surface area contributed by atoms with Crippen LogP contribution >= 0.6 is 15.9 Å². The summed E-state index contributed by atoms with van der Waals surface area (Å²) >= 11 is 3.75. The van der Waals surface area contributed by atoms with Gasteiger partial charge in [0.15, 0.2) is 0 Å². The molecular formula is C12H19BrO2. The van der Waals surface area contributed by atoms with Crippen molar-refractivity contribution >= 4 is 21.9 Å². The quantitative estimate of drug-likeness (QED) is 0.543. The van der Waals surface area contributed by atoms with Gasteiger partial charge in [-0.3, -0.25) is 4.79 Å². The maximum absolute atomic E-state index is 11.4. The molecule has 1 saturated carbocycles. The van der Waals surface area contributed by atoms with Crippen LogP contribution in [-0.4, -0.2) is 16.9 Å². The molecule has 0 N–H and O–H groups in total. The predicted molar refractivity (Wildman–Crippen MR) is 62.9 cm³/mol. The molecule has 1 aliphatic heterocycles. The summed E-state index contributed by atoms with van der Waals surface area (Å²) in [5, 5.41) is 0. The van der Waals surface area contributed by atoms with Gasteiger partial charge in [0, 0.05) is 5.41 Å². The molecule has 0 spiro atoms. The van der Waals surface area contributed by atoms with Crippen LogP contribution in [-0.2, 0) is 9.53 Å². The third-order valence-electron chi connectivity index (χ3n) is 4.10. The van der Waals surface area contributed by atoms with E-state index in [1.54, 1.807) is 0 Å². The van der Waals surface area contributed by atoms with E-state index in [1.165, 1.54) is 6.42 Å². The maximum Gasteiger partial charge on any atom is 0.306 e. The van der Waals surface area contributed by atoms with E-state index in [9.17, 15) is 4.79 Å². The lowest BCUT2D eigenvalue weighted by Gasteiger charge is -2.43. The van der Waals surface area contributed by atoms with Crippen LogP contribution in [0.25, 0.3) is 0 Å². The predicted octanol–water partition coefficient (Wildman–Crippen LogP) is 3.14. The van der Waals surface area contributed by atoms with Crippen LogP contribution in [0.5, 0.6) is 0 Å². The highest BCUT2D eigenvalue weighted by Gasteiger charge is 2.53. The third-order valence-corrected chi connectivity index (χ3v) is 5.26. The second kappa shape index (κ2) is 3.76. The molecule has 0 radical (unpaired) electrons. The first-order valence-corrected chi connectivity index (χ1v) is 6.69. The summed E-state index contributed by atoms with van der Waals surface area (Å²) in [4.78, 5) is 11.7. The van der Waals surface area contributed by atoms with Crippen molar-refractivity contribution in [3.8, 4) is 0 Å². The lowest BCUT2D eigenvalue weighted by molar-refractivity contribution is -0.142. The topological polar surface area (TPSA) is 26.3 Å². The Kier molecular flexibility index (Phi) is 2.87.